The summed E-state index contributed by atoms with van der Waals surface area (Å²) in [6.45, 7) is 0.798. The van der Waals surface area contributed by atoms with E-state index >= 15 is 0 Å². The Morgan fingerprint density at radius 3 is 2.30 bits per heavy atom. The molecule has 3 heteroatoms. The van der Waals surface area contributed by atoms with Crippen molar-refractivity contribution in [1.29, 1.82) is 0 Å². The normalized spacial score (nSPS) is 10.8. The highest BCUT2D eigenvalue weighted by Gasteiger charge is 2.05. The van der Waals surface area contributed by atoms with Crippen LogP contribution in [0.2, 0.25) is 0 Å². The summed E-state index contributed by atoms with van der Waals surface area (Å²) in [6.07, 6.45) is 0. The van der Waals surface area contributed by atoms with Crippen molar-refractivity contribution in [1.82, 2.24) is 4.98 Å². The van der Waals surface area contributed by atoms with Crippen molar-refractivity contribution in [3.8, 4) is 11.1 Å². The average Bonchev–Trinajstić information content (AvgIpc) is 3.04. The first-order valence-corrected chi connectivity index (χ1v) is 8.44. The van der Waals surface area contributed by atoms with Crippen LogP contribution in [0, 0.1) is 0 Å². The molecule has 0 unspecified atom stereocenters. The van der Waals surface area contributed by atoms with Crippen molar-refractivity contribution in [2.45, 2.75) is 6.54 Å². The molecule has 4 rings (SSSR count). The zero-order chi connectivity index (χ0) is 15.5. The van der Waals surface area contributed by atoms with Gasteiger partial charge in [-0.3, -0.25) is 0 Å². The van der Waals surface area contributed by atoms with Crippen LogP contribution >= 0.6 is 11.3 Å². The Bertz CT molecular complexity index is 914. The van der Waals surface area contributed by atoms with E-state index in [1.165, 1.54) is 21.4 Å². The number of fused-ring (bicyclic) bond motifs is 1. The molecule has 0 bridgehead atoms. The quantitative estimate of drug-likeness (QED) is 0.532. The van der Waals surface area contributed by atoms with Crippen LogP contribution in [0.4, 0.5) is 5.13 Å². The lowest BCUT2D eigenvalue weighted by molar-refractivity contribution is 1.14. The van der Waals surface area contributed by atoms with Gasteiger partial charge in [-0.15, -0.1) is 0 Å². The highest BCUT2D eigenvalue weighted by molar-refractivity contribution is 7.22. The number of rotatable bonds is 4. The zero-order valence-electron chi connectivity index (χ0n) is 12.6. The SMILES string of the molecule is c1ccc(CNc2nc3ccc(-c4ccccc4)cc3s2)cc1. The fourth-order valence-corrected chi connectivity index (χ4v) is 3.48. The van der Waals surface area contributed by atoms with Crippen LogP contribution in [0.5, 0.6) is 0 Å². The third-order valence-corrected chi connectivity index (χ3v) is 4.76. The molecule has 2 nitrogen and oxygen atoms in total. The van der Waals surface area contributed by atoms with E-state index in [0.29, 0.717) is 0 Å². The highest BCUT2D eigenvalue weighted by Crippen LogP contribution is 2.30. The largest absolute Gasteiger partial charge is 0.357 e. The summed E-state index contributed by atoms with van der Waals surface area (Å²) in [5, 5.41) is 4.38. The smallest absolute Gasteiger partial charge is 0.184 e. The van der Waals surface area contributed by atoms with Crippen molar-refractivity contribution < 1.29 is 0 Å². The number of hydrogen-bond donors (Lipinski definition) is 1. The number of hydrogen-bond acceptors (Lipinski definition) is 3. The second-order valence-corrected chi connectivity index (χ2v) is 6.44. The Kier molecular flexibility index (Phi) is 3.78. The Morgan fingerprint density at radius 1 is 0.783 bits per heavy atom. The number of nitrogens with zero attached hydrogens (tertiary/aromatic N) is 1. The highest BCUT2D eigenvalue weighted by atomic mass is 32.1. The Morgan fingerprint density at radius 2 is 1.52 bits per heavy atom. The lowest BCUT2D eigenvalue weighted by Crippen LogP contribution is -1.97. The lowest BCUT2D eigenvalue weighted by atomic mass is 10.1. The zero-order valence-corrected chi connectivity index (χ0v) is 13.4. The maximum Gasteiger partial charge on any atom is 0.184 e. The predicted octanol–water partition coefficient (Wildman–Crippen LogP) is 5.58. The van der Waals surface area contributed by atoms with E-state index in [-0.39, 0.29) is 0 Å². The molecule has 0 saturated carbocycles. The van der Waals surface area contributed by atoms with Crippen molar-refractivity contribution in [3.63, 3.8) is 0 Å². The molecule has 1 heterocycles. The molecule has 0 spiro atoms. The molecular weight excluding hydrogens is 300 g/mol. The molecular formula is C20H16N2S. The summed E-state index contributed by atoms with van der Waals surface area (Å²) in [5.74, 6) is 0. The van der Waals surface area contributed by atoms with E-state index < -0.39 is 0 Å². The maximum absolute atomic E-state index is 4.67. The van der Waals surface area contributed by atoms with Crippen LogP contribution < -0.4 is 5.32 Å². The molecule has 0 fully saturated rings. The Balaban J connectivity index is 1.58. The summed E-state index contributed by atoms with van der Waals surface area (Å²) in [6, 6.07) is 27.3. The monoisotopic (exact) mass is 316 g/mol. The molecule has 0 aliphatic heterocycles. The average molecular weight is 316 g/mol. The molecule has 1 aromatic heterocycles. The molecule has 23 heavy (non-hydrogen) atoms. The van der Waals surface area contributed by atoms with E-state index in [9.17, 15) is 0 Å². The number of thiazole rings is 1. The third-order valence-electron chi connectivity index (χ3n) is 3.78. The molecule has 0 radical (unpaired) electrons. The minimum Gasteiger partial charge on any atom is -0.357 e. The van der Waals surface area contributed by atoms with Crippen LogP contribution in [-0.4, -0.2) is 4.98 Å². The molecule has 4 aromatic rings. The summed E-state index contributed by atoms with van der Waals surface area (Å²) >= 11 is 1.70. The number of anilines is 1. The second-order valence-electron chi connectivity index (χ2n) is 5.41. The summed E-state index contributed by atoms with van der Waals surface area (Å²) in [4.78, 5) is 4.67. The van der Waals surface area contributed by atoms with Crippen molar-refractivity contribution in [2.24, 2.45) is 0 Å². The lowest BCUT2D eigenvalue weighted by Gasteiger charge is -2.01. The van der Waals surface area contributed by atoms with Crippen molar-refractivity contribution >= 4 is 26.7 Å². The van der Waals surface area contributed by atoms with Gasteiger partial charge in [-0.25, -0.2) is 4.98 Å². The van der Waals surface area contributed by atoms with E-state index in [1.807, 2.05) is 12.1 Å². The molecule has 0 atom stereocenters. The second kappa shape index (κ2) is 6.23. The van der Waals surface area contributed by atoms with Crippen LogP contribution in [0.1, 0.15) is 5.56 Å². The predicted molar refractivity (Wildman–Crippen MR) is 98.8 cm³/mol. The van der Waals surface area contributed by atoms with Crippen LogP contribution in [-0.2, 0) is 6.54 Å². The van der Waals surface area contributed by atoms with Gasteiger partial charge in [0.2, 0.25) is 0 Å². The van der Waals surface area contributed by atoms with E-state index in [2.05, 4.69) is 77.0 Å². The fourth-order valence-electron chi connectivity index (χ4n) is 2.58. The number of nitrogens with one attached hydrogen (secondary N) is 1. The minimum absolute atomic E-state index is 0.798. The molecule has 0 saturated heterocycles. The van der Waals surface area contributed by atoms with E-state index in [0.717, 1.165) is 17.2 Å². The first kappa shape index (κ1) is 14.0. The molecule has 0 amide bonds. The van der Waals surface area contributed by atoms with Gasteiger partial charge in [0.15, 0.2) is 5.13 Å². The van der Waals surface area contributed by atoms with Crippen molar-refractivity contribution in [3.05, 3.63) is 84.4 Å². The summed E-state index contributed by atoms with van der Waals surface area (Å²) in [5.41, 5.74) is 4.78. The van der Waals surface area contributed by atoms with E-state index in [1.54, 1.807) is 11.3 Å². The minimum atomic E-state index is 0.798. The summed E-state index contributed by atoms with van der Waals surface area (Å²) in [7, 11) is 0. The molecule has 3 aromatic carbocycles. The number of aromatic nitrogens is 1. The van der Waals surface area contributed by atoms with Gasteiger partial charge in [-0.1, -0.05) is 78.1 Å². The molecule has 0 aliphatic rings. The van der Waals surface area contributed by atoms with Gasteiger partial charge in [-0.05, 0) is 28.8 Å². The van der Waals surface area contributed by atoms with Gasteiger partial charge >= 0.3 is 0 Å². The topological polar surface area (TPSA) is 24.9 Å². The first-order chi connectivity index (χ1) is 11.4. The molecule has 0 aliphatic carbocycles. The molecule has 1 N–H and O–H groups in total. The fraction of sp³-hybridized carbons (Fsp3) is 0.0500. The van der Waals surface area contributed by atoms with E-state index in [4.69, 9.17) is 0 Å². The van der Waals surface area contributed by atoms with Gasteiger partial charge in [-0.2, -0.15) is 0 Å². The standard InChI is InChI=1S/C20H16N2S/c1-3-7-15(8-4-1)14-21-20-22-18-12-11-17(13-19(18)23-20)16-9-5-2-6-10-16/h1-13H,14H2,(H,21,22). The van der Waals surface area contributed by atoms with Gasteiger partial charge in [0.25, 0.3) is 0 Å². The number of benzene rings is 3. The third kappa shape index (κ3) is 3.10. The van der Waals surface area contributed by atoms with Crippen LogP contribution in [0.3, 0.4) is 0 Å². The van der Waals surface area contributed by atoms with Crippen LogP contribution in [0.25, 0.3) is 21.3 Å². The molecule has 112 valence electrons. The van der Waals surface area contributed by atoms with Crippen molar-refractivity contribution in [2.75, 3.05) is 5.32 Å². The summed E-state index contributed by atoms with van der Waals surface area (Å²) < 4.78 is 1.21. The van der Waals surface area contributed by atoms with Gasteiger partial charge in [0.1, 0.15) is 0 Å². The van der Waals surface area contributed by atoms with Gasteiger partial charge < -0.3 is 5.32 Å². The van der Waals surface area contributed by atoms with Gasteiger partial charge in [0.05, 0.1) is 10.2 Å². The van der Waals surface area contributed by atoms with Crippen LogP contribution in [0.15, 0.2) is 78.9 Å². The Labute approximate surface area is 139 Å². The van der Waals surface area contributed by atoms with Gasteiger partial charge in [0, 0.05) is 6.54 Å². The Hall–Kier alpha value is -2.65. The maximum atomic E-state index is 4.67. The first-order valence-electron chi connectivity index (χ1n) is 7.62.